The molecule has 100 heavy (non-hydrogen) atoms. The molecule has 598 valence electrons. The number of rotatable bonds is 36. The largest absolute Gasteiger partial charge is 0.351 e. The molecule has 0 saturated heterocycles. The molecule has 0 aliphatic carbocycles. The van der Waals surface area contributed by atoms with Crippen molar-refractivity contribution in [2.24, 2.45) is 86.6 Å². The van der Waals surface area contributed by atoms with Gasteiger partial charge < -0.3 is 16.0 Å². The zero-order chi connectivity index (χ0) is 79.6. The van der Waals surface area contributed by atoms with Crippen LogP contribution in [0.15, 0.2) is 0 Å². The molecule has 0 radical (unpaired) electrons. The van der Waals surface area contributed by atoms with E-state index in [4.69, 9.17) is 0 Å². The van der Waals surface area contributed by atoms with Gasteiger partial charge in [-0.15, -0.1) is 0 Å². The van der Waals surface area contributed by atoms with Crippen LogP contribution in [-0.2, 0) is 14.4 Å². The Balaban J connectivity index is 0. The van der Waals surface area contributed by atoms with Crippen LogP contribution in [-0.4, -0.2) is 34.3 Å². The van der Waals surface area contributed by atoms with E-state index in [2.05, 4.69) is 307 Å². The fraction of sp³-hybridized carbons (Fsp3) is 0.968. The summed E-state index contributed by atoms with van der Waals surface area (Å²) >= 11 is 0. The normalized spacial score (nSPS) is 14.8. The maximum absolute atomic E-state index is 15.1. The first kappa shape index (κ1) is 100. The SMILES string of the molecule is CC(C)(C)CCC(CCC(C)(C)C)(CCC(C)(C)C)C(C)(C)C.CC(C)(C)CCC(CCC(C)(C)C)(CCC(C)(C)C)NC(=O)CCC(CCC(=O)NC(CCC(C)(C)C)(CCC(C)(C)C)CCC(C)(C)C)(CCC(=O)NC(CCC(C)(C)C)(CCC(C)(C)C)CCC(C)(C)C)C(C)(C)C. The van der Waals surface area contributed by atoms with Crippen molar-refractivity contribution in [3.63, 3.8) is 0 Å². The summed E-state index contributed by atoms with van der Waals surface area (Å²) in [5.74, 6) is 0.334. The lowest BCUT2D eigenvalue weighted by atomic mass is 9.56. The number of hydrogen-bond donors (Lipinski definition) is 3. The number of carbonyl (C=O) groups excluding carboxylic acids is 3. The summed E-state index contributed by atoms with van der Waals surface area (Å²) in [5.41, 5.74) is 1.60. The van der Waals surface area contributed by atoms with E-state index in [-0.39, 0.29) is 88.5 Å². The third-order valence-corrected chi connectivity index (χ3v) is 23.1. The second kappa shape index (κ2) is 38.0. The van der Waals surface area contributed by atoms with Crippen molar-refractivity contribution in [1.29, 1.82) is 0 Å². The second-order valence-electron chi connectivity index (χ2n) is 50.8. The first-order chi connectivity index (χ1) is 43.8. The molecule has 0 aliphatic heterocycles. The molecule has 0 saturated carbocycles. The average Bonchev–Trinajstić information content (AvgIpc) is 0.801. The maximum atomic E-state index is 15.1. The highest BCUT2D eigenvalue weighted by Gasteiger charge is 2.47. The van der Waals surface area contributed by atoms with Gasteiger partial charge in [0.2, 0.25) is 17.7 Å². The van der Waals surface area contributed by atoms with Crippen LogP contribution in [0, 0.1) is 86.6 Å². The molecule has 3 N–H and O–H groups in total. The number of nitrogens with one attached hydrogen (secondary N) is 3. The van der Waals surface area contributed by atoms with Crippen molar-refractivity contribution in [1.82, 2.24) is 16.0 Å². The summed E-state index contributed by atoms with van der Waals surface area (Å²) in [6.45, 7) is 98.7. The van der Waals surface area contributed by atoms with Gasteiger partial charge in [0.25, 0.3) is 0 Å². The Kier molecular flexibility index (Phi) is 38.2. The lowest BCUT2D eigenvalue weighted by Gasteiger charge is -2.49. The Morgan fingerprint density at radius 2 is 0.270 bits per heavy atom. The summed E-state index contributed by atoms with van der Waals surface area (Å²) < 4.78 is 0. The summed E-state index contributed by atoms with van der Waals surface area (Å²) in [5, 5.41) is 11.5. The highest BCUT2D eigenvalue weighted by atomic mass is 16.2. The van der Waals surface area contributed by atoms with Crippen molar-refractivity contribution >= 4 is 17.7 Å². The maximum Gasteiger partial charge on any atom is 0.220 e. The molecule has 0 atom stereocenters. The summed E-state index contributed by atoms with van der Waals surface area (Å²) in [4.78, 5) is 45.3. The molecule has 0 heterocycles. The Bertz CT molecular complexity index is 1940. The zero-order valence-corrected chi connectivity index (χ0v) is 76.9. The fourth-order valence-corrected chi connectivity index (χ4v) is 14.2. The summed E-state index contributed by atoms with van der Waals surface area (Å²) in [7, 11) is 0. The number of hydrogen-bond acceptors (Lipinski definition) is 3. The molecule has 3 amide bonds. The van der Waals surface area contributed by atoms with Crippen LogP contribution in [0.1, 0.15) is 483 Å². The summed E-state index contributed by atoms with van der Waals surface area (Å²) in [6.07, 6.45) is 28.8. The highest BCUT2D eigenvalue weighted by Crippen LogP contribution is 2.55. The van der Waals surface area contributed by atoms with Crippen LogP contribution >= 0.6 is 0 Å². The van der Waals surface area contributed by atoms with Gasteiger partial charge in [0.1, 0.15) is 0 Å². The molecular formula is C94H189N3O3. The Morgan fingerprint density at radius 1 is 0.160 bits per heavy atom. The first-order valence-electron chi connectivity index (χ1n) is 41.7. The Labute approximate surface area is 631 Å². The van der Waals surface area contributed by atoms with Gasteiger partial charge in [0, 0.05) is 35.9 Å². The van der Waals surface area contributed by atoms with Gasteiger partial charge in [-0.05, 0) is 260 Å². The predicted octanol–water partition coefficient (Wildman–Crippen LogP) is 29.9. The molecule has 0 unspecified atom stereocenters. The topological polar surface area (TPSA) is 87.3 Å². The number of carbonyl (C=O) groups is 3. The van der Waals surface area contributed by atoms with Crippen LogP contribution < -0.4 is 16.0 Å². The van der Waals surface area contributed by atoms with Gasteiger partial charge >= 0.3 is 0 Å². The van der Waals surface area contributed by atoms with Gasteiger partial charge in [-0.2, -0.15) is 0 Å². The van der Waals surface area contributed by atoms with Crippen molar-refractivity contribution in [2.45, 2.75) is 500 Å². The van der Waals surface area contributed by atoms with E-state index in [1.807, 2.05) is 0 Å². The monoisotopic (exact) mass is 1410 g/mol. The third-order valence-electron chi connectivity index (χ3n) is 23.1. The summed E-state index contributed by atoms with van der Waals surface area (Å²) in [6, 6.07) is 0. The second-order valence-corrected chi connectivity index (χ2v) is 50.8. The van der Waals surface area contributed by atoms with Gasteiger partial charge in [-0.25, -0.2) is 0 Å². The van der Waals surface area contributed by atoms with Crippen molar-refractivity contribution in [3.05, 3.63) is 0 Å². The third kappa shape index (κ3) is 49.3. The van der Waals surface area contributed by atoms with Crippen LogP contribution in [0.4, 0.5) is 0 Å². The average molecular weight is 1410 g/mol. The molecule has 0 aliphatic rings. The Hall–Kier alpha value is -1.59. The van der Waals surface area contributed by atoms with Gasteiger partial charge in [-0.3, -0.25) is 14.4 Å². The van der Waals surface area contributed by atoms with E-state index >= 15 is 14.4 Å². The standard InChI is InChI=1S/C71H141N3O3.C23H48/c1-58(2,3)37-46-69(47-38-59(4,5)6,48-39-60(7,8)9)72-55(75)31-34-68(67(28,29)30,35-32-56(76)73-70(49-40-61(10,11)12,50-41-62(13,14)15)51-42-63(16,17)18)36-33-57(77)74-71(52-43-64(19,20)21,53-44-65(22,23)24)54-45-66(25,26)27;1-19(2,3)13-16-23(22(10,11)12,17-14-20(4,5)6)18-15-21(7,8)9/h31-54H2,1-30H3,(H,72,75)(H,73,76)(H,74,77);13-18H2,1-12H3. The molecule has 0 fully saturated rings. The quantitative estimate of drug-likeness (QED) is 0.0584. The molecule has 0 bridgehead atoms. The Morgan fingerprint density at radius 3 is 0.380 bits per heavy atom. The molecule has 0 spiro atoms. The first-order valence-corrected chi connectivity index (χ1v) is 41.7. The minimum absolute atomic E-state index is 0.111. The minimum Gasteiger partial charge on any atom is -0.351 e. The molecule has 6 heteroatoms. The molecular weight excluding hydrogens is 1220 g/mol. The van der Waals surface area contributed by atoms with Crippen LogP contribution in [0.5, 0.6) is 0 Å². The lowest BCUT2D eigenvalue weighted by Crippen LogP contribution is -2.51. The van der Waals surface area contributed by atoms with E-state index in [1.54, 1.807) is 0 Å². The highest BCUT2D eigenvalue weighted by molar-refractivity contribution is 5.78. The lowest BCUT2D eigenvalue weighted by molar-refractivity contribution is -0.126. The minimum atomic E-state index is -0.473. The van der Waals surface area contributed by atoms with E-state index in [0.29, 0.717) is 65.6 Å². The van der Waals surface area contributed by atoms with E-state index in [1.165, 1.54) is 38.5 Å². The van der Waals surface area contributed by atoms with Crippen molar-refractivity contribution in [2.75, 3.05) is 0 Å². The fourth-order valence-electron chi connectivity index (χ4n) is 14.2. The van der Waals surface area contributed by atoms with Crippen LogP contribution in [0.3, 0.4) is 0 Å². The van der Waals surface area contributed by atoms with Gasteiger partial charge in [-0.1, -0.05) is 291 Å². The van der Waals surface area contributed by atoms with Crippen LogP contribution in [0.25, 0.3) is 0 Å². The molecule has 0 aromatic rings. The van der Waals surface area contributed by atoms with Crippen molar-refractivity contribution < 1.29 is 14.4 Å². The van der Waals surface area contributed by atoms with E-state index < -0.39 is 5.41 Å². The molecule has 0 aromatic carbocycles. The predicted molar refractivity (Wildman–Crippen MR) is 448 cm³/mol. The smallest absolute Gasteiger partial charge is 0.220 e. The van der Waals surface area contributed by atoms with Gasteiger partial charge in [0.15, 0.2) is 0 Å². The number of amides is 3. The zero-order valence-electron chi connectivity index (χ0n) is 76.9. The molecule has 0 rings (SSSR count). The van der Waals surface area contributed by atoms with Gasteiger partial charge in [0.05, 0.1) is 0 Å². The van der Waals surface area contributed by atoms with Crippen molar-refractivity contribution in [3.8, 4) is 0 Å². The van der Waals surface area contributed by atoms with Crippen LogP contribution in [0.2, 0.25) is 0 Å². The van der Waals surface area contributed by atoms with E-state index in [0.717, 1.165) is 116 Å². The molecule has 0 aromatic heterocycles. The van der Waals surface area contributed by atoms with E-state index in [9.17, 15) is 0 Å². The molecule has 6 nitrogen and oxygen atoms in total.